The van der Waals surface area contributed by atoms with Crippen LogP contribution < -0.4 is 19.5 Å². The third-order valence-corrected chi connectivity index (χ3v) is 9.19. The van der Waals surface area contributed by atoms with Gasteiger partial charge in [-0.2, -0.15) is 0 Å². The molecular weight excluding hydrogens is 584 g/mol. The first kappa shape index (κ1) is 29.0. The third kappa shape index (κ3) is 4.23. The number of carbonyl (C=O) groups excluding carboxylic acids is 4. The quantitative estimate of drug-likeness (QED) is 0.163. The number of hydrogen-bond acceptors (Lipinski definition) is 8. The summed E-state index contributed by atoms with van der Waals surface area (Å²) in [7, 11) is 2.97. The van der Waals surface area contributed by atoms with Crippen LogP contribution in [-0.2, 0) is 15.0 Å². The van der Waals surface area contributed by atoms with E-state index in [1.54, 1.807) is 30.3 Å². The minimum atomic E-state index is -1.50. The molecule has 7 rings (SSSR count). The van der Waals surface area contributed by atoms with Crippen molar-refractivity contribution in [2.75, 3.05) is 19.5 Å². The highest BCUT2D eigenvalue weighted by molar-refractivity contribution is 6.17. The van der Waals surface area contributed by atoms with Crippen molar-refractivity contribution in [1.29, 1.82) is 0 Å². The van der Waals surface area contributed by atoms with E-state index < -0.39 is 35.2 Å². The number of amides is 1. The molecule has 3 aliphatic heterocycles. The number of methoxy groups -OCH3 is 2. The third-order valence-electron chi connectivity index (χ3n) is 9.19. The SMILES string of the molecule is COc1ccc(OC)c(C(=O)[C@H]2[C@H](C(=O)c3ccc(OC(C)=O)cc3)N3C=Cc4ccccc4[C@@H]3[C@@]23C(=O)Nc2ccccc23)c1. The number of esters is 1. The van der Waals surface area contributed by atoms with Crippen LogP contribution in [0.3, 0.4) is 0 Å². The van der Waals surface area contributed by atoms with Crippen molar-refractivity contribution in [3.63, 3.8) is 0 Å². The van der Waals surface area contributed by atoms with Gasteiger partial charge in [0.15, 0.2) is 11.6 Å². The minimum Gasteiger partial charge on any atom is -0.497 e. The van der Waals surface area contributed by atoms with Gasteiger partial charge in [0.2, 0.25) is 5.91 Å². The summed E-state index contributed by atoms with van der Waals surface area (Å²) in [5, 5.41) is 3.05. The summed E-state index contributed by atoms with van der Waals surface area (Å²) in [6.45, 7) is 1.30. The van der Waals surface area contributed by atoms with Crippen LogP contribution in [0.25, 0.3) is 6.08 Å². The molecule has 1 saturated heterocycles. The van der Waals surface area contributed by atoms with Crippen LogP contribution in [-0.4, -0.2) is 48.6 Å². The fourth-order valence-corrected chi connectivity index (χ4v) is 7.37. The second kappa shape index (κ2) is 11.0. The lowest BCUT2D eigenvalue weighted by Crippen LogP contribution is -2.49. The maximum absolute atomic E-state index is 15.2. The van der Waals surface area contributed by atoms with Crippen molar-refractivity contribution in [3.8, 4) is 17.2 Å². The fourth-order valence-electron chi connectivity index (χ4n) is 7.37. The van der Waals surface area contributed by atoms with E-state index in [1.165, 1.54) is 33.3 Å². The molecule has 1 amide bonds. The smallest absolute Gasteiger partial charge is 0.308 e. The zero-order valence-corrected chi connectivity index (χ0v) is 25.4. The molecule has 4 atom stereocenters. The van der Waals surface area contributed by atoms with Crippen LogP contribution in [0, 0.1) is 5.92 Å². The molecule has 3 heterocycles. The minimum absolute atomic E-state index is 0.198. The molecular formula is C37H30N2O7. The number of anilines is 1. The Morgan fingerprint density at radius 2 is 1.54 bits per heavy atom. The monoisotopic (exact) mass is 614 g/mol. The number of carbonyl (C=O) groups is 4. The van der Waals surface area contributed by atoms with Crippen molar-refractivity contribution in [3.05, 3.63) is 125 Å². The molecule has 0 aliphatic carbocycles. The number of hydrogen-bond donors (Lipinski definition) is 1. The fraction of sp³-hybridized carbons (Fsp3) is 0.189. The largest absolute Gasteiger partial charge is 0.497 e. The molecule has 0 saturated carbocycles. The Hall–Kier alpha value is -5.70. The highest BCUT2D eigenvalue weighted by Gasteiger charge is 2.71. The van der Waals surface area contributed by atoms with Gasteiger partial charge in [0.1, 0.15) is 28.7 Å². The number of nitrogens with one attached hydrogen (secondary N) is 1. The highest BCUT2D eigenvalue weighted by atomic mass is 16.5. The van der Waals surface area contributed by atoms with Crippen molar-refractivity contribution < 1.29 is 33.4 Å². The Balaban J connectivity index is 1.50. The molecule has 1 N–H and O–H groups in total. The summed E-state index contributed by atoms with van der Waals surface area (Å²) in [5.41, 5.74) is 1.95. The number of fused-ring (bicyclic) bond motifs is 6. The van der Waals surface area contributed by atoms with Crippen LogP contribution in [0.15, 0.2) is 97.2 Å². The molecule has 9 heteroatoms. The lowest BCUT2D eigenvalue weighted by Gasteiger charge is -2.38. The molecule has 0 aromatic heterocycles. The Kier molecular flexibility index (Phi) is 6.96. The molecule has 3 aliphatic rings. The van der Waals surface area contributed by atoms with Crippen LogP contribution in [0.4, 0.5) is 5.69 Å². The van der Waals surface area contributed by atoms with Gasteiger partial charge < -0.3 is 24.4 Å². The van der Waals surface area contributed by atoms with Crippen LogP contribution in [0.2, 0.25) is 0 Å². The van der Waals surface area contributed by atoms with E-state index in [0.29, 0.717) is 28.3 Å². The van der Waals surface area contributed by atoms with Gasteiger partial charge in [0, 0.05) is 24.4 Å². The lowest BCUT2D eigenvalue weighted by molar-refractivity contribution is -0.131. The summed E-state index contributed by atoms with van der Waals surface area (Å²) in [6, 6.07) is 24.4. The number of Topliss-reactive ketones (excluding diaryl/α,β-unsaturated/α-hetero) is 2. The van der Waals surface area contributed by atoms with Gasteiger partial charge in [-0.1, -0.05) is 42.5 Å². The first-order valence-corrected chi connectivity index (χ1v) is 14.8. The van der Waals surface area contributed by atoms with Gasteiger partial charge in [-0.3, -0.25) is 19.2 Å². The second-order valence-corrected chi connectivity index (χ2v) is 11.5. The van der Waals surface area contributed by atoms with E-state index in [0.717, 1.165) is 11.1 Å². The van der Waals surface area contributed by atoms with Crippen LogP contribution in [0.5, 0.6) is 17.2 Å². The topological polar surface area (TPSA) is 111 Å². The van der Waals surface area contributed by atoms with Gasteiger partial charge in [-0.25, -0.2) is 0 Å². The molecule has 9 nitrogen and oxygen atoms in total. The van der Waals surface area contributed by atoms with Crippen molar-refractivity contribution >= 4 is 35.2 Å². The zero-order chi connectivity index (χ0) is 32.2. The summed E-state index contributed by atoms with van der Waals surface area (Å²) in [4.78, 5) is 58.1. The van der Waals surface area contributed by atoms with Gasteiger partial charge in [-0.05, 0) is 71.3 Å². The van der Waals surface area contributed by atoms with Gasteiger partial charge in [0.25, 0.3) is 0 Å². The Morgan fingerprint density at radius 1 is 0.826 bits per heavy atom. The zero-order valence-electron chi connectivity index (χ0n) is 25.4. The number of benzene rings is 4. The average molecular weight is 615 g/mol. The molecule has 1 spiro atoms. The molecule has 4 aromatic rings. The maximum Gasteiger partial charge on any atom is 0.308 e. The second-order valence-electron chi connectivity index (χ2n) is 11.5. The number of ether oxygens (including phenoxy) is 3. The van der Waals surface area contributed by atoms with E-state index >= 15 is 4.79 Å². The number of rotatable bonds is 7. The predicted molar refractivity (Wildman–Crippen MR) is 170 cm³/mol. The highest BCUT2D eigenvalue weighted by Crippen LogP contribution is 2.62. The Morgan fingerprint density at radius 3 is 2.28 bits per heavy atom. The normalized spacial score (nSPS) is 22.0. The summed E-state index contributed by atoms with van der Waals surface area (Å²) in [6.07, 6.45) is 3.72. The first-order valence-electron chi connectivity index (χ1n) is 14.8. The van der Waals surface area contributed by atoms with Crippen molar-refractivity contribution in [2.24, 2.45) is 5.92 Å². The average Bonchev–Trinajstić information content (AvgIpc) is 3.55. The maximum atomic E-state index is 15.2. The molecule has 0 radical (unpaired) electrons. The van der Waals surface area contributed by atoms with E-state index in [4.69, 9.17) is 14.2 Å². The van der Waals surface area contributed by atoms with E-state index in [2.05, 4.69) is 5.32 Å². The summed E-state index contributed by atoms with van der Waals surface area (Å²) >= 11 is 0. The molecule has 0 bridgehead atoms. The van der Waals surface area contributed by atoms with Gasteiger partial charge in [0.05, 0.1) is 31.7 Å². The molecule has 1 fully saturated rings. The Bertz CT molecular complexity index is 1950. The lowest BCUT2D eigenvalue weighted by atomic mass is 9.62. The van der Waals surface area contributed by atoms with Crippen molar-refractivity contribution in [2.45, 2.75) is 24.4 Å². The summed E-state index contributed by atoms with van der Waals surface area (Å²) in [5.74, 6) is -1.83. The van der Waals surface area contributed by atoms with E-state index in [-0.39, 0.29) is 23.0 Å². The van der Waals surface area contributed by atoms with Gasteiger partial charge >= 0.3 is 5.97 Å². The van der Waals surface area contributed by atoms with E-state index in [9.17, 15) is 14.4 Å². The van der Waals surface area contributed by atoms with Gasteiger partial charge in [-0.15, -0.1) is 0 Å². The number of ketones is 2. The van der Waals surface area contributed by atoms with Crippen LogP contribution in [0.1, 0.15) is 50.4 Å². The number of para-hydroxylation sites is 1. The van der Waals surface area contributed by atoms with Crippen molar-refractivity contribution in [1.82, 2.24) is 4.90 Å². The molecule has 230 valence electrons. The summed E-state index contributed by atoms with van der Waals surface area (Å²) < 4.78 is 16.3. The van der Waals surface area contributed by atoms with E-state index in [1.807, 2.05) is 65.7 Å². The standard InChI is InChI=1S/C37H30N2O7/c1-21(40)46-24-14-12-23(13-15-24)33(41)32-31(34(42)27-20-25(44-2)16-17-30(27)45-3)37(28-10-6-7-11-29(28)38-36(37)43)35-26-9-5-4-8-22(26)18-19-39(32)35/h4-20,31-32,35H,1-3H3,(H,38,43)/t31-,32-,35-,37+/m1/s1. The number of nitrogens with zero attached hydrogens (tertiary/aromatic N) is 1. The predicted octanol–water partition coefficient (Wildman–Crippen LogP) is 5.61. The molecule has 0 unspecified atom stereocenters. The van der Waals surface area contributed by atoms with Crippen LogP contribution >= 0.6 is 0 Å². The molecule has 4 aromatic carbocycles. The first-order chi connectivity index (χ1) is 22.3. The Labute approximate surface area is 265 Å². The molecule has 46 heavy (non-hydrogen) atoms.